The summed E-state index contributed by atoms with van der Waals surface area (Å²) < 4.78 is 44.3. The first-order valence-electron chi connectivity index (χ1n) is 10.1. The molecule has 0 radical (unpaired) electrons. The number of benzene rings is 2. The molecule has 5 rings (SSSR count). The molecule has 1 aliphatic rings. The van der Waals surface area contributed by atoms with E-state index in [2.05, 4.69) is 15.3 Å². The Labute approximate surface area is 175 Å². The van der Waals surface area contributed by atoms with Gasteiger partial charge in [0.15, 0.2) is 0 Å². The molecule has 1 amide bonds. The fraction of sp³-hybridized carbons (Fsp3) is 0.304. The van der Waals surface area contributed by atoms with Crippen LogP contribution in [0.2, 0.25) is 0 Å². The zero-order valence-electron chi connectivity index (χ0n) is 16.7. The largest absolute Gasteiger partial charge is 0.459 e. The van der Waals surface area contributed by atoms with Crippen molar-refractivity contribution in [2.24, 2.45) is 5.92 Å². The van der Waals surface area contributed by atoms with Crippen molar-refractivity contribution in [3.63, 3.8) is 0 Å². The van der Waals surface area contributed by atoms with Crippen LogP contribution in [0, 0.1) is 5.92 Å². The van der Waals surface area contributed by atoms with Crippen LogP contribution in [0.15, 0.2) is 52.9 Å². The average Bonchev–Trinajstić information content (AvgIpc) is 3.15. The highest BCUT2D eigenvalue weighted by Crippen LogP contribution is 2.48. The van der Waals surface area contributed by atoms with E-state index in [4.69, 9.17) is 4.42 Å². The molecule has 1 aliphatic carbocycles. The second-order valence-corrected chi connectivity index (χ2v) is 8.13. The molecule has 31 heavy (non-hydrogen) atoms. The van der Waals surface area contributed by atoms with E-state index in [9.17, 15) is 18.0 Å². The van der Waals surface area contributed by atoms with Crippen molar-refractivity contribution >= 4 is 27.9 Å². The van der Waals surface area contributed by atoms with Crippen molar-refractivity contribution in [1.29, 1.82) is 0 Å². The number of rotatable bonds is 5. The first-order valence-corrected chi connectivity index (χ1v) is 10.1. The van der Waals surface area contributed by atoms with Crippen LogP contribution < -0.4 is 5.32 Å². The highest BCUT2D eigenvalue weighted by molar-refractivity contribution is 5.80. The minimum atomic E-state index is -4.43. The molecule has 2 aromatic carbocycles. The molecule has 0 bridgehead atoms. The number of alkyl halides is 3. The van der Waals surface area contributed by atoms with E-state index in [1.807, 2.05) is 24.3 Å². The zero-order chi connectivity index (χ0) is 21.8. The van der Waals surface area contributed by atoms with Gasteiger partial charge in [-0.2, -0.15) is 13.2 Å². The molecular weight excluding hydrogens is 407 g/mol. The number of para-hydroxylation sites is 2. The first-order chi connectivity index (χ1) is 14.8. The average molecular weight is 427 g/mol. The second-order valence-electron chi connectivity index (χ2n) is 8.13. The van der Waals surface area contributed by atoms with Gasteiger partial charge in [0.25, 0.3) is 0 Å². The van der Waals surface area contributed by atoms with Gasteiger partial charge >= 0.3 is 6.18 Å². The summed E-state index contributed by atoms with van der Waals surface area (Å²) in [6.07, 6.45) is -3.17. The SMILES string of the molecule is C[C@@H](NC(=O)C[C@@H]1C[C@@H]1c1nc2ccccc2[nH]1)c1cc2ccc(C(F)(F)F)cc2o1. The van der Waals surface area contributed by atoms with Gasteiger partial charge in [0.1, 0.15) is 17.2 Å². The number of aromatic nitrogens is 2. The molecule has 3 atom stereocenters. The summed E-state index contributed by atoms with van der Waals surface area (Å²) in [7, 11) is 0. The van der Waals surface area contributed by atoms with E-state index in [0.29, 0.717) is 17.6 Å². The first kappa shape index (κ1) is 19.7. The van der Waals surface area contributed by atoms with Gasteiger partial charge in [-0.25, -0.2) is 4.98 Å². The van der Waals surface area contributed by atoms with Crippen molar-refractivity contribution in [2.45, 2.75) is 37.9 Å². The predicted molar refractivity (Wildman–Crippen MR) is 109 cm³/mol. The number of amides is 1. The number of fused-ring (bicyclic) bond motifs is 2. The lowest BCUT2D eigenvalue weighted by Gasteiger charge is -2.11. The molecule has 4 aromatic rings. The molecule has 1 saturated carbocycles. The number of carbonyl (C=O) groups excluding carboxylic acids is 1. The summed E-state index contributed by atoms with van der Waals surface area (Å²) in [6, 6.07) is 12.4. The lowest BCUT2D eigenvalue weighted by Crippen LogP contribution is -2.26. The van der Waals surface area contributed by atoms with Gasteiger partial charge in [-0.15, -0.1) is 0 Å². The van der Waals surface area contributed by atoms with Gasteiger partial charge in [0.2, 0.25) is 5.91 Å². The Morgan fingerprint density at radius 3 is 2.84 bits per heavy atom. The molecule has 160 valence electrons. The number of nitrogens with one attached hydrogen (secondary N) is 2. The summed E-state index contributed by atoms with van der Waals surface area (Å²) in [5.74, 6) is 1.67. The van der Waals surface area contributed by atoms with Crippen molar-refractivity contribution in [1.82, 2.24) is 15.3 Å². The van der Waals surface area contributed by atoms with Gasteiger partial charge in [0, 0.05) is 17.7 Å². The fourth-order valence-electron chi connectivity index (χ4n) is 4.01. The summed E-state index contributed by atoms with van der Waals surface area (Å²) in [4.78, 5) is 20.4. The predicted octanol–water partition coefficient (Wildman–Crippen LogP) is 5.70. The van der Waals surface area contributed by atoms with Gasteiger partial charge in [-0.1, -0.05) is 18.2 Å². The highest BCUT2D eigenvalue weighted by Gasteiger charge is 2.42. The number of hydrogen-bond acceptors (Lipinski definition) is 3. The molecule has 5 nitrogen and oxygen atoms in total. The lowest BCUT2D eigenvalue weighted by molar-refractivity contribution is -0.137. The Morgan fingerprint density at radius 1 is 1.26 bits per heavy atom. The third kappa shape index (κ3) is 3.89. The Bertz CT molecular complexity index is 1240. The Kier molecular flexibility index (Phi) is 4.53. The minimum Gasteiger partial charge on any atom is -0.459 e. The molecule has 8 heteroatoms. The van der Waals surface area contributed by atoms with Gasteiger partial charge in [0.05, 0.1) is 22.6 Å². The van der Waals surface area contributed by atoms with E-state index in [1.54, 1.807) is 13.0 Å². The molecular formula is C23H20F3N3O2. The van der Waals surface area contributed by atoms with Gasteiger partial charge in [-0.05, 0) is 49.6 Å². The number of aromatic amines is 1. The number of imidazole rings is 1. The number of furan rings is 1. The summed E-state index contributed by atoms with van der Waals surface area (Å²) in [6.45, 7) is 1.75. The van der Waals surface area contributed by atoms with Crippen LogP contribution >= 0.6 is 0 Å². The van der Waals surface area contributed by atoms with E-state index < -0.39 is 17.8 Å². The van der Waals surface area contributed by atoms with Gasteiger partial charge < -0.3 is 14.7 Å². The maximum Gasteiger partial charge on any atom is 0.416 e. The molecule has 0 spiro atoms. The monoisotopic (exact) mass is 427 g/mol. The Balaban J connectivity index is 1.21. The van der Waals surface area contributed by atoms with Crippen LogP contribution in [-0.2, 0) is 11.0 Å². The molecule has 2 heterocycles. The topological polar surface area (TPSA) is 70.9 Å². The quantitative estimate of drug-likeness (QED) is 0.429. The third-order valence-electron chi connectivity index (χ3n) is 5.80. The van der Waals surface area contributed by atoms with Crippen molar-refractivity contribution in [3.05, 3.63) is 65.7 Å². The molecule has 0 saturated heterocycles. The molecule has 1 fully saturated rings. The van der Waals surface area contributed by atoms with E-state index in [1.165, 1.54) is 6.07 Å². The summed E-state index contributed by atoms with van der Waals surface area (Å²) in [5, 5.41) is 3.45. The number of carbonyl (C=O) groups is 1. The number of H-pyrrole nitrogens is 1. The van der Waals surface area contributed by atoms with Gasteiger partial charge in [-0.3, -0.25) is 4.79 Å². The van der Waals surface area contributed by atoms with Crippen molar-refractivity contribution in [2.75, 3.05) is 0 Å². The second kappa shape index (κ2) is 7.14. The maximum atomic E-state index is 12.9. The molecule has 2 aromatic heterocycles. The van der Waals surface area contributed by atoms with E-state index in [-0.39, 0.29) is 23.3 Å². The summed E-state index contributed by atoms with van der Waals surface area (Å²) >= 11 is 0. The minimum absolute atomic E-state index is 0.118. The number of nitrogens with zero attached hydrogens (tertiary/aromatic N) is 1. The summed E-state index contributed by atoms with van der Waals surface area (Å²) in [5.41, 5.74) is 1.29. The molecule has 2 N–H and O–H groups in total. The van der Waals surface area contributed by atoms with Crippen molar-refractivity contribution < 1.29 is 22.4 Å². The van der Waals surface area contributed by atoms with Crippen LogP contribution in [0.5, 0.6) is 0 Å². The van der Waals surface area contributed by atoms with Crippen LogP contribution in [0.4, 0.5) is 13.2 Å². The van der Waals surface area contributed by atoms with Crippen LogP contribution in [0.25, 0.3) is 22.0 Å². The fourth-order valence-corrected chi connectivity index (χ4v) is 4.01. The third-order valence-corrected chi connectivity index (χ3v) is 5.80. The molecule has 0 unspecified atom stereocenters. The smallest absolute Gasteiger partial charge is 0.416 e. The Hall–Kier alpha value is -3.29. The van der Waals surface area contributed by atoms with Crippen LogP contribution in [0.1, 0.15) is 48.9 Å². The van der Waals surface area contributed by atoms with E-state index in [0.717, 1.165) is 35.4 Å². The highest BCUT2D eigenvalue weighted by atomic mass is 19.4. The zero-order valence-corrected chi connectivity index (χ0v) is 16.7. The number of hydrogen-bond donors (Lipinski definition) is 2. The van der Waals surface area contributed by atoms with Crippen LogP contribution in [-0.4, -0.2) is 15.9 Å². The molecule has 0 aliphatic heterocycles. The lowest BCUT2D eigenvalue weighted by atomic mass is 10.1. The van der Waals surface area contributed by atoms with Crippen LogP contribution in [0.3, 0.4) is 0 Å². The standard InChI is InChI=1S/C23H20F3N3O2/c1-12(19-9-13-6-7-15(23(24,25)26)11-20(13)31-19)27-21(30)10-14-8-16(14)22-28-17-4-2-3-5-18(17)29-22/h2-7,9,11-12,14,16H,8,10H2,1H3,(H,27,30)(H,28,29)/t12-,14+,16+/m1/s1. The Morgan fingerprint density at radius 2 is 2.06 bits per heavy atom. The number of halogens is 3. The maximum absolute atomic E-state index is 12.9. The normalized spacial score (nSPS) is 19.6. The van der Waals surface area contributed by atoms with E-state index >= 15 is 0 Å². The van der Waals surface area contributed by atoms with Crippen molar-refractivity contribution in [3.8, 4) is 0 Å².